The first-order chi connectivity index (χ1) is 9.47. The number of benzene rings is 1. The van der Waals surface area contributed by atoms with Gasteiger partial charge in [-0.3, -0.25) is 0 Å². The van der Waals surface area contributed by atoms with Gasteiger partial charge in [-0.05, 0) is 23.8 Å². The van der Waals surface area contributed by atoms with E-state index >= 15 is 0 Å². The highest BCUT2D eigenvalue weighted by atomic mass is 32.1. The number of aromatic carboxylic acids is 1. The standard InChI is InChI=1S/C13H7F2NO3S/c1-16-9-4-6(3-7(14)11(9)19-2)10-5-8(15)12(20-10)13(17)18/h3-5H,2H3,(H,17,18). The zero-order valence-electron chi connectivity index (χ0n) is 10.1. The van der Waals surface area contributed by atoms with Crippen LogP contribution in [0.25, 0.3) is 15.3 Å². The Morgan fingerprint density at radius 2 is 2.05 bits per heavy atom. The van der Waals surface area contributed by atoms with Crippen LogP contribution in [-0.4, -0.2) is 18.2 Å². The number of hydrogen-bond acceptors (Lipinski definition) is 3. The number of halogens is 2. The summed E-state index contributed by atoms with van der Waals surface area (Å²) < 4.78 is 32.0. The largest absolute Gasteiger partial charge is 0.505 e. The maximum absolute atomic E-state index is 13.8. The van der Waals surface area contributed by atoms with Gasteiger partial charge in [0.15, 0.2) is 11.6 Å². The van der Waals surface area contributed by atoms with Crippen LogP contribution in [0, 0.1) is 18.2 Å². The molecule has 0 radical (unpaired) electrons. The van der Waals surface area contributed by atoms with Crippen molar-refractivity contribution in [2.24, 2.45) is 0 Å². The molecular formula is C13H7F2NO3S. The topological polar surface area (TPSA) is 50.9 Å². The lowest BCUT2D eigenvalue weighted by Crippen LogP contribution is -1.93. The van der Waals surface area contributed by atoms with Crippen molar-refractivity contribution in [3.05, 3.63) is 46.1 Å². The van der Waals surface area contributed by atoms with E-state index in [-0.39, 0.29) is 21.9 Å². The molecular weight excluding hydrogens is 288 g/mol. The Morgan fingerprint density at radius 1 is 1.35 bits per heavy atom. The average molecular weight is 295 g/mol. The van der Waals surface area contributed by atoms with E-state index in [1.807, 2.05) is 0 Å². The van der Waals surface area contributed by atoms with Gasteiger partial charge in [0.25, 0.3) is 0 Å². The van der Waals surface area contributed by atoms with Gasteiger partial charge in [0.1, 0.15) is 10.7 Å². The lowest BCUT2D eigenvalue weighted by Gasteiger charge is -2.06. The maximum atomic E-state index is 13.8. The predicted molar refractivity (Wildman–Crippen MR) is 69.4 cm³/mol. The molecule has 0 aliphatic heterocycles. The fourth-order valence-electron chi connectivity index (χ4n) is 1.66. The van der Waals surface area contributed by atoms with Gasteiger partial charge in [-0.25, -0.2) is 18.4 Å². The molecule has 0 saturated heterocycles. The van der Waals surface area contributed by atoms with E-state index in [1.165, 1.54) is 13.2 Å². The molecule has 1 N–H and O–H groups in total. The smallest absolute Gasteiger partial charge is 0.348 e. The highest BCUT2D eigenvalue weighted by molar-refractivity contribution is 7.17. The minimum Gasteiger partial charge on any atom is -0.505 e. The van der Waals surface area contributed by atoms with Crippen molar-refractivity contribution in [3.8, 4) is 16.2 Å². The number of carboxylic acids is 1. The van der Waals surface area contributed by atoms with Gasteiger partial charge in [-0.15, -0.1) is 11.3 Å². The fraction of sp³-hybridized carbons (Fsp3) is 0.0769. The van der Waals surface area contributed by atoms with Crippen LogP contribution in [0.15, 0.2) is 18.2 Å². The summed E-state index contributed by atoms with van der Waals surface area (Å²) in [6.07, 6.45) is 0. The number of carboxylic acid groups (broad SMARTS) is 1. The molecule has 0 saturated carbocycles. The number of methoxy groups -OCH3 is 1. The molecule has 0 atom stereocenters. The number of thiophene rings is 1. The molecule has 0 aliphatic carbocycles. The van der Waals surface area contributed by atoms with Gasteiger partial charge in [0.05, 0.1) is 13.7 Å². The molecule has 20 heavy (non-hydrogen) atoms. The van der Waals surface area contributed by atoms with Gasteiger partial charge in [0, 0.05) is 4.88 Å². The third-order valence-corrected chi connectivity index (χ3v) is 3.66. The summed E-state index contributed by atoms with van der Waals surface area (Å²) in [6.45, 7) is 6.97. The molecule has 0 fully saturated rings. The summed E-state index contributed by atoms with van der Waals surface area (Å²) in [6, 6.07) is 3.40. The van der Waals surface area contributed by atoms with Crippen molar-refractivity contribution in [1.29, 1.82) is 0 Å². The van der Waals surface area contributed by atoms with Crippen molar-refractivity contribution < 1.29 is 23.4 Å². The number of rotatable bonds is 3. The Labute approximate surface area is 116 Å². The molecule has 0 unspecified atom stereocenters. The third-order valence-electron chi connectivity index (χ3n) is 2.51. The minimum atomic E-state index is -1.39. The van der Waals surface area contributed by atoms with E-state index < -0.39 is 22.5 Å². The molecule has 2 rings (SSSR count). The molecule has 7 heteroatoms. The Bertz CT molecular complexity index is 734. The highest BCUT2D eigenvalue weighted by Gasteiger charge is 2.19. The first-order valence-corrected chi connectivity index (χ1v) is 6.07. The fourth-order valence-corrected chi connectivity index (χ4v) is 2.52. The van der Waals surface area contributed by atoms with Crippen LogP contribution < -0.4 is 4.74 Å². The van der Waals surface area contributed by atoms with Crippen molar-refractivity contribution in [2.75, 3.05) is 7.11 Å². The average Bonchev–Trinajstić information content (AvgIpc) is 2.80. The molecule has 102 valence electrons. The summed E-state index contributed by atoms with van der Waals surface area (Å²) in [5.74, 6) is -3.24. The van der Waals surface area contributed by atoms with E-state index in [0.717, 1.165) is 12.1 Å². The lowest BCUT2D eigenvalue weighted by atomic mass is 10.1. The lowest BCUT2D eigenvalue weighted by molar-refractivity contribution is 0.0697. The van der Waals surface area contributed by atoms with Crippen LogP contribution in [0.3, 0.4) is 0 Å². The summed E-state index contributed by atoms with van der Waals surface area (Å²) >= 11 is 0.677. The van der Waals surface area contributed by atoms with Crippen LogP contribution >= 0.6 is 11.3 Å². The molecule has 0 aliphatic rings. The van der Waals surface area contributed by atoms with Crippen LogP contribution in [0.2, 0.25) is 0 Å². The van der Waals surface area contributed by atoms with Crippen molar-refractivity contribution in [2.45, 2.75) is 0 Å². The van der Waals surface area contributed by atoms with Crippen molar-refractivity contribution in [1.82, 2.24) is 0 Å². The van der Waals surface area contributed by atoms with Gasteiger partial charge in [-0.1, -0.05) is 0 Å². The maximum Gasteiger partial charge on any atom is 0.348 e. The van der Waals surface area contributed by atoms with E-state index in [9.17, 15) is 13.6 Å². The summed E-state index contributed by atoms with van der Waals surface area (Å²) in [7, 11) is 1.24. The summed E-state index contributed by atoms with van der Waals surface area (Å²) in [5, 5.41) is 8.79. The number of carbonyl (C=O) groups is 1. The summed E-state index contributed by atoms with van der Waals surface area (Å²) in [4.78, 5) is 13.7. The zero-order chi connectivity index (χ0) is 14.9. The molecule has 0 amide bonds. The monoisotopic (exact) mass is 295 g/mol. The van der Waals surface area contributed by atoms with Crippen LogP contribution in [0.5, 0.6) is 5.75 Å². The van der Waals surface area contributed by atoms with E-state index in [1.54, 1.807) is 0 Å². The Kier molecular flexibility index (Phi) is 3.68. The number of hydrogen-bond donors (Lipinski definition) is 1. The molecule has 0 spiro atoms. The van der Waals surface area contributed by atoms with E-state index in [0.29, 0.717) is 11.3 Å². The van der Waals surface area contributed by atoms with Crippen LogP contribution in [0.1, 0.15) is 9.67 Å². The molecule has 0 bridgehead atoms. The Hall–Kier alpha value is -2.46. The quantitative estimate of drug-likeness (QED) is 0.872. The first-order valence-electron chi connectivity index (χ1n) is 5.26. The number of nitrogens with zero attached hydrogens (tertiary/aromatic N) is 1. The Morgan fingerprint density at radius 3 is 2.55 bits per heavy atom. The highest BCUT2D eigenvalue weighted by Crippen LogP contribution is 2.38. The van der Waals surface area contributed by atoms with Gasteiger partial charge in [-0.2, -0.15) is 0 Å². The van der Waals surface area contributed by atoms with Gasteiger partial charge < -0.3 is 9.84 Å². The van der Waals surface area contributed by atoms with Crippen molar-refractivity contribution >= 4 is 23.0 Å². The van der Waals surface area contributed by atoms with Gasteiger partial charge in [0.2, 0.25) is 5.69 Å². The second kappa shape index (κ2) is 5.27. The Balaban J connectivity index is 2.60. The second-order valence-corrected chi connectivity index (χ2v) is 4.77. The van der Waals surface area contributed by atoms with Crippen molar-refractivity contribution in [3.63, 3.8) is 0 Å². The molecule has 4 nitrogen and oxygen atoms in total. The minimum absolute atomic E-state index is 0.0619. The SMILES string of the molecule is [C-]#[N+]c1cc(-c2cc(F)c(C(=O)O)s2)cc(F)c1OC. The third kappa shape index (κ3) is 2.33. The molecule has 2 aromatic rings. The van der Waals surface area contributed by atoms with Crippen LogP contribution in [0.4, 0.5) is 14.5 Å². The predicted octanol–water partition coefficient (Wildman–Crippen LogP) is 3.95. The number of ether oxygens (including phenoxy) is 1. The van der Waals surface area contributed by atoms with Crippen LogP contribution in [-0.2, 0) is 0 Å². The van der Waals surface area contributed by atoms with E-state index in [4.69, 9.17) is 16.4 Å². The molecule has 1 aromatic carbocycles. The molecule has 1 aromatic heterocycles. The summed E-state index contributed by atoms with van der Waals surface area (Å²) in [5.41, 5.74) is 0.166. The molecule has 1 heterocycles. The second-order valence-electron chi connectivity index (χ2n) is 3.72. The van der Waals surface area contributed by atoms with E-state index in [2.05, 4.69) is 4.85 Å². The normalized spacial score (nSPS) is 10.1. The zero-order valence-corrected chi connectivity index (χ0v) is 10.9. The van der Waals surface area contributed by atoms with Gasteiger partial charge >= 0.3 is 5.97 Å². The first kappa shape index (κ1) is 14.0.